The van der Waals surface area contributed by atoms with E-state index >= 15 is 0 Å². The maximum atomic E-state index is 11.0. The van der Waals surface area contributed by atoms with Gasteiger partial charge in [0.1, 0.15) is 0 Å². The predicted molar refractivity (Wildman–Crippen MR) is 78.6 cm³/mol. The van der Waals surface area contributed by atoms with Gasteiger partial charge in [-0.05, 0) is 57.4 Å². The molecule has 20 heavy (non-hydrogen) atoms. The molecule has 0 spiro atoms. The number of hydrogen-bond donors (Lipinski definition) is 2. The van der Waals surface area contributed by atoms with E-state index in [1.165, 1.54) is 19.3 Å². The molecule has 0 atom stereocenters. The lowest BCUT2D eigenvalue weighted by atomic mass is 9.78. The molecule has 2 fully saturated rings. The van der Waals surface area contributed by atoms with E-state index < -0.39 is 11.6 Å². The van der Waals surface area contributed by atoms with Crippen LogP contribution in [0, 0.1) is 11.8 Å². The summed E-state index contributed by atoms with van der Waals surface area (Å²) in [6.45, 7) is 6.26. The summed E-state index contributed by atoms with van der Waals surface area (Å²) >= 11 is 0. The van der Waals surface area contributed by atoms with E-state index in [4.69, 9.17) is 5.11 Å². The van der Waals surface area contributed by atoms with Gasteiger partial charge in [0.15, 0.2) is 0 Å². The molecule has 0 aromatic carbocycles. The average molecular weight is 283 g/mol. The van der Waals surface area contributed by atoms with E-state index in [1.807, 2.05) is 0 Å². The number of nitrogens with zero attached hydrogens (tertiary/aromatic N) is 1. The Morgan fingerprint density at radius 3 is 2.30 bits per heavy atom. The molecular formula is C16H29NO3. The Hall–Kier alpha value is -0.610. The molecule has 0 bridgehead atoms. The lowest BCUT2D eigenvalue weighted by Gasteiger charge is -2.39. The van der Waals surface area contributed by atoms with Crippen molar-refractivity contribution in [3.63, 3.8) is 0 Å². The first kappa shape index (κ1) is 15.8. The molecule has 2 aliphatic carbocycles. The van der Waals surface area contributed by atoms with Gasteiger partial charge in [0.05, 0.1) is 11.5 Å². The monoisotopic (exact) mass is 283 g/mol. The molecule has 0 aromatic heterocycles. The number of carboxylic acid groups (broad SMARTS) is 1. The summed E-state index contributed by atoms with van der Waals surface area (Å²) < 4.78 is 0. The zero-order chi connectivity index (χ0) is 14.8. The minimum absolute atomic E-state index is 0.250. The Morgan fingerprint density at radius 2 is 1.85 bits per heavy atom. The summed E-state index contributed by atoms with van der Waals surface area (Å²) in [6.07, 6.45) is 6.19. The van der Waals surface area contributed by atoms with Gasteiger partial charge < -0.3 is 10.2 Å². The SMILES string of the molecule is CC(C)CCN(CC1(O)CCC(C(=O)O)CC1)C1CC1. The number of hydrogen-bond acceptors (Lipinski definition) is 3. The van der Waals surface area contributed by atoms with Crippen LogP contribution in [0.15, 0.2) is 0 Å². The van der Waals surface area contributed by atoms with Crippen LogP contribution in [-0.2, 0) is 4.79 Å². The Kier molecular flexibility index (Phi) is 5.08. The van der Waals surface area contributed by atoms with Crippen molar-refractivity contribution in [1.82, 2.24) is 4.90 Å². The van der Waals surface area contributed by atoms with Crippen LogP contribution in [0.25, 0.3) is 0 Å². The van der Waals surface area contributed by atoms with Gasteiger partial charge in [-0.1, -0.05) is 13.8 Å². The molecule has 2 aliphatic rings. The van der Waals surface area contributed by atoms with Crippen LogP contribution in [0.2, 0.25) is 0 Å². The van der Waals surface area contributed by atoms with Gasteiger partial charge in [-0.3, -0.25) is 9.69 Å². The molecule has 0 unspecified atom stereocenters. The maximum Gasteiger partial charge on any atom is 0.306 e. The molecular weight excluding hydrogens is 254 g/mol. The van der Waals surface area contributed by atoms with Crippen LogP contribution in [-0.4, -0.2) is 45.8 Å². The zero-order valence-corrected chi connectivity index (χ0v) is 12.8. The second-order valence-corrected chi connectivity index (χ2v) is 7.22. The van der Waals surface area contributed by atoms with Crippen molar-refractivity contribution in [2.45, 2.75) is 70.4 Å². The fourth-order valence-electron chi connectivity index (χ4n) is 3.19. The van der Waals surface area contributed by atoms with Gasteiger partial charge >= 0.3 is 5.97 Å². The van der Waals surface area contributed by atoms with E-state index in [2.05, 4.69) is 18.7 Å². The van der Waals surface area contributed by atoms with Gasteiger partial charge in [-0.2, -0.15) is 0 Å². The highest BCUT2D eigenvalue weighted by Crippen LogP contribution is 2.36. The number of rotatable bonds is 7. The van der Waals surface area contributed by atoms with Crippen LogP contribution in [0.5, 0.6) is 0 Å². The van der Waals surface area contributed by atoms with Crippen LogP contribution in [0.1, 0.15) is 58.8 Å². The molecule has 0 saturated heterocycles. The minimum Gasteiger partial charge on any atom is -0.481 e. The lowest BCUT2D eigenvalue weighted by Crippen LogP contribution is -2.47. The van der Waals surface area contributed by atoms with Crippen molar-refractivity contribution in [3.05, 3.63) is 0 Å². The average Bonchev–Trinajstić information content (AvgIpc) is 3.19. The molecule has 4 heteroatoms. The maximum absolute atomic E-state index is 11.0. The van der Waals surface area contributed by atoms with Crippen molar-refractivity contribution < 1.29 is 15.0 Å². The summed E-state index contributed by atoms with van der Waals surface area (Å²) in [5.41, 5.74) is -0.661. The van der Waals surface area contributed by atoms with Crippen molar-refractivity contribution in [1.29, 1.82) is 0 Å². The molecule has 116 valence electrons. The first-order valence-corrected chi connectivity index (χ1v) is 8.09. The summed E-state index contributed by atoms with van der Waals surface area (Å²) in [5.74, 6) is -0.264. The third-order valence-electron chi connectivity index (χ3n) is 4.82. The molecule has 2 N–H and O–H groups in total. The van der Waals surface area contributed by atoms with E-state index in [0.717, 1.165) is 13.1 Å². The van der Waals surface area contributed by atoms with E-state index in [1.54, 1.807) is 0 Å². The van der Waals surface area contributed by atoms with Gasteiger partial charge in [-0.15, -0.1) is 0 Å². The molecule has 0 radical (unpaired) electrons. The van der Waals surface area contributed by atoms with Crippen LogP contribution < -0.4 is 0 Å². The number of carbonyl (C=O) groups is 1. The third kappa shape index (κ3) is 4.45. The van der Waals surface area contributed by atoms with E-state index in [-0.39, 0.29) is 5.92 Å². The van der Waals surface area contributed by atoms with E-state index in [9.17, 15) is 9.90 Å². The first-order valence-electron chi connectivity index (χ1n) is 8.09. The van der Waals surface area contributed by atoms with Gasteiger partial charge in [0.25, 0.3) is 0 Å². The smallest absolute Gasteiger partial charge is 0.306 e. The number of carboxylic acids is 1. The van der Waals surface area contributed by atoms with Crippen LogP contribution in [0.4, 0.5) is 0 Å². The molecule has 4 nitrogen and oxygen atoms in total. The Morgan fingerprint density at radius 1 is 1.25 bits per heavy atom. The first-order chi connectivity index (χ1) is 9.39. The Balaban J connectivity index is 1.84. The minimum atomic E-state index is -0.703. The quantitative estimate of drug-likeness (QED) is 0.753. The standard InChI is InChI=1S/C16H29NO3/c1-12(2)7-10-17(14-3-4-14)11-16(20)8-5-13(6-9-16)15(18)19/h12-14,20H,3-11H2,1-2H3,(H,18,19). The number of aliphatic carboxylic acids is 1. The van der Waals surface area contributed by atoms with Crippen molar-refractivity contribution >= 4 is 5.97 Å². The Labute approximate surface area is 122 Å². The van der Waals surface area contributed by atoms with Gasteiger partial charge in [0, 0.05) is 12.6 Å². The molecule has 0 aromatic rings. The second-order valence-electron chi connectivity index (χ2n) is 7.22. The highest BCUT2D eigenvalue weighted by molar-refractivity contribution is 5.70. The lowest BCUT2D eigenvalue weighted by molar-refractivity contribution is -0.145. The summed E-state index contributed by atoms with van der Waals surface area (Å²) in [7, 11) is 0. The van der Waals surface area contributed by atoms with Crippen molar-refractivity contribution in [2.75, 3.05) is 13.1 Å². The van der Waals surface area contributed by atoms with Gasteiger partial charge in [0.2, 0.25) is 0 Å². The second kappa shape index (κ2) is 6.44. The molecule has 2 rings (SSSR count). The molecule has 0 heterocycles. The zero-order valence-electron chi connectivity index (χ0n) is 12.8. The van der Waals surface area contributed by atoms with E-state index in [0.29, 0.717) is 37.6 Å². The predicted octanol–water partition coefficient (Wildman–Crippen LogP) is 2.50. The topological polar surface area (TPSA) is 60.8 Å². The van der Waals surface area contributed by atoms with Crippen LogP contribution in [0.3, 0.4) is 0 Å². The highest BCUT2D eigenvalue weighted by atomic mass is 16.4. The largest absolute Gasteiger partial charge is 0.481 e. The fraction of sp³-hybridized carbons (Fsp3) is 0.938. The fourth-order valence-corrected chi connectivity index (χ4v) is 3.19. The third-order valence-corrected chi connectivity index (χ3v) is 4.82. The van der Waals surface area contributed by atoms with Crippen LogP contribution >= 0.6 is 0 Å². The van der Waals surface area contributed by atoms with Gasteiger partial charge in [-0.25, -0.2) is 0 Å². The van der Waals surface area contributed by atoms with Crippen molar-refractivity contribution in [3.8, 4) is 0 Å². The normalized spacial score (nSPS) is 30.9. The Bertz CT molecular complexity index is 331. The summed E-state index contributed by atoms with van der Waals surface area (Å²) in [5, 5.41) is 19.8. The summed E-state index contributed by atoms with van der Waals surface area (Å²) in [4.78, 5) is 13.4. The molecule has 2 saturated carbocycles. The molecule has 0 aliphatic heterocycles. The molecule has 0 amide bonds. The number of aliphatic hydroxyl groups is 1. The highest BCUT2D eigenvalue weighted by Gasteiger charge is 2.40. The van der Waals surface area contributed by atoms with Crippen molar-refractivity contribution in [2.24, 2.45) is 11.8 Å². The summed E-state index contributed by atoms with van der Waals surface area (Å²) in [6, 6.07) is 0.662.